The number of anilines is 1. The Labute approximate surface area is 177 Å². The highest BCUT2D eigenvalue weighted by Crippen LogP contribution is 2.23. The topological polar surface area (TPSA) is 103 Å². The maximum atomic E-state index is 12.8. The van der Waals surface area contributed by atoms with Gasteiger partial charge in [0.15, 0.2) is 5.78 Å². The third kappa shape index (κ3) is 6.37. The number of pyridine rings is 1. The van der Waals surface area contributed by atoms with Gasteiger partial charge in [-0.05, 0) is 81.7 Å². The van der Waals surface area contributed by atoms with E-state index in [0.29, 0.717) is 16.8 Å². The number of carbonyl (C=O) groups is 1. The number of nitriles is 1. The molecule has 3 rings (SSSR count). The molecule has 0 unspecified atom stereocenters. The van der Waals surface area contributed by atoms with Gasteiger partial charge in [-0.3, -0.25) is 14.5 Å². The molecule has 2 aromatic rings. The lowest BCUT2D eigenvalue weighted by Gasteiger charge is -2.31. The summed E-state index contributed by atoms with van der Waals surface area (Å²) >= 11 is 0. The molecule has 1 N–H and O–H groups in total. The van der Waals surface area contributed by atoms with E-state index < -0.39 is 10.0 Å². The van der Waals surface area contributed by atoms with Crippen molar-refractivity contribution in [3.8, 4) is 6.07 Å². The van der Waals surface area contributed by atoms with Crippen LogP contribution in [0.25, 0.3) is 0 Å². The van der Waals surface area contributed by atoms with E-state index in [9.17, 15) is 13.2 Å². The number of hydrogen-bond acceptors (Lipinski definition) is 6. The lowest BCUT2D eigenvalue weighted by Crippen LogP contribution is -2.37. The molecule has 0 bridgehead atoms. The van der Waals surface area contributed by atoms with E-state index in [4.69, 9.17) is 5.26 Å². The third-order valence-electron chi connectivity index (χ3n) is 5.28. The zero-order chi connectivity index (χ0) is 21.6. The highest BCUT2D eigenvalue weighted by Gasteiger charge is 2.25. The average molecular weight is 427 g/mol. The molecule has 8 heteroatoms. The van der Waals surface area contributed by atoms with Crippen molar-refractivity contribution < 1.29 is 13.2 Å². The Morgan fingerprint density at radius 3 is 2.57 bits per heavy atom. The molecule has 1 saturated heterocycles. The lowest BCUT2D eigenvalue weighted by atomic mass is 9.88. The van der Waals surface area contributed by atoms with E-state index in [1.165, 1.54) is 0 Å². The molecule has 0 saturated carbocycles. The number of rotatable bonds is 8. The van der Waals surface area contributed by atoms with E-state index in [-0.39, 0.29) is 11.7 Å². The highest BCUT2D eigenvalue weighted by molar-refractivity contribution is 7.92. The number of aryl methyl sites for hydroxylation is 1. The number of ketones is 1. The Kier molecular flexibility index (Phi) is 7.19. The zero-order valence-electron chi connectivity index (χ0n) is 17.0. The van der Waals surface area contributed by atoms with Crippen LogP contribution in [0.2, 0.25) is 0 Å². The van der Waals surface area contributed by atoms with Crippen molar-refractivity contribution in [1.82, 2.24) is 9.88 Å². The van der Waals surface area contributed by atoms with E-state index in [2.05, 4.69) is 20.7 Å². The van der Waals surface area contributed by atoms with Crippen LogP contribution in [-0.2, 0) is 16.4 Å². The Morgan fingerprint density at radius 1 is 1.23 bits per heavy atom. The normalized spacial score (nSPS) is 15.5. The number of piperidine rings is 1. The van der Waals surface area contributed by atoms with Crippen molar-refractivity contribution in [2.45, 2.75) is 25.7 Å². The monoisotopic (exact) mass is 426 g/mol. The minimum absolute atomic E-state index is 0.00365. The predicted octanol–water partition coefficient (Wildman–Crippen LogP) is 2.85. The Hall–Kier alpha value is -2.76. The fourth-order valence-electron chi connectivity index (χ4n) is 3.74. The van der Waals surface area contributed by atoms with Gasteiger partial charge in [0, 0.05) is 29.1 Å². The lowest BCUT2D eigenvalue weighted by molar-refractivity contribution is 0.0839. The number of Topliss-reactive ketones (excluding diaryl/α,β-unsaturated/α-hetero) is 1. The molecule has 1 aliphatic rings. The molecule has 158 valence electrons. The molecule has 1 aromatic heterocycles. The van der Waals surface area contributed by atoms with Gasteiger partial charge in [0.05, 0.1) is 17.9 Å². The summed E-state index contributed by atoms with van der Waals surface area (Å²) in [5, 5.41) is 8.96. The van der Waals surface area contributed by atoms with Crippen molar-refractivity contribution in [3.05, 3.63) is 59.4 Å². The van der Waals surface area contributed by atoms with E-state index >= 15 is 0 Å². The first kappa shape index (κ1) is 21.9. The van der Waals surface area contributed by atoms with Crippen molar-refractivity contribution in [1.29, 1.82) is 5.26 Å². The molecule has 0 atom stereocenters. The van der Waals surface area contributed by atoms with Gasteiger partial charge in [-0.2, -0.15) is 5.26 Å². The van der Waals surface area contributed by atoms with Crippen LogP contribution < -0.4 is 4.72 Å². The van der Waals surface area contributed by atoms with E-state index in [1.54, 1.807) is 36.5 Å². The number of benzene rings is 1. The van der Waals surface area contributed by atoms with Gasteiger partial charge in [0.1, 0.15) is 0 Å². The van der Waals surface area contributed by atoms with Gasteiger partial charge < -0.3 is 4.90 Å². The summed E-state index contributed by atoms with van der Waals surface area (Å²) in [4.78, 5) is 19.5. The Morgan fingerprint density at radius 2 is 1.93 bits per heavy atom. The standard InChI is InChI=1S/C22H26N4O3S/c1-30(28,29)25-20-6-4-18(5-7-20)22(27)19-9-13-26(14-10-19)12-2-3-21-15-17(16-23)8-11-24-21/h4-8,11,15,19,25H,2-3,9-10,12-14H2,1H3. The number of nitrogens with one attached hydrogen (secondary N) is 1. The maximum absolute atomic E-state index is 12.8. The smallest absolute Gasteiger partial charge is 0.229 e. The first-order valence-electron chi connectivity index (χ1n) is 10.0. The van der Waals surface area contributed by atoms with Crippen LogP contribution >= 0.6 is 0 Å². The Balaban J connectivity index is 1.44. The largest absolute Gasteiger partial charge is 0.303 e. The molecule has 1 aromatic carbocycles. The number of sulfonamides is 1. The molecule has 0 spiro atoms. The van der Waals surface area contributed by atoms with Crippen molar-refractivity contribution in [2.24, 2.45) is 5.92 Å². The van der Waals surface area contributed by atoms with Crippen LogP contribution in [0.15, 0.2) is 42.6 Å². The molecular weight excluding hydrogens is 400 g/mol. The third-order valence-corrected chi connectivity index (χ3v) is 5.89. The summed E-state index contributed by atoms with van der Waals surface area (Å²) in [6, 6.07) is 12.3. The highest BCUT2D eigenvalue weighted by atomic mass is 32.2. The van der Waals surface area contributed by atoms with Crippen molar-refractivity contribution >= 4 is 21.5 Å². The summed E-state index contributed by atoms with van der Waals surface area (Å²) in [6.07, 6.45) is 6.22. The van der Waals surface area contributed by atoms with Gasteiger partial charge in [0.2, 0.25) is 10.0 Å². The summed E-state index contributed by atoms with van der Waals surface area (Å²) in [7, 11) is -3.32. The minimum atomic E-state index is -3.32. The molecule has 0 aliphatic carbocycles. The van der Waals surface area contributed by atoms with Crippen LogP contribution in [0, 0.1) is 17.2 Å². The minimum Gasteiger partial charge on any atom is -0.303 e. The van der Waals surface area contributed by atoms with Crippen LogP contribution in [0.3, 0.4) is 0 Å². The number of aromatic nitrogens is 1. The second-order valence-electron chi connectivity index (χ2n) is 7.68. The molecule has 1 aliphatic heterocycles. The summed E-state index contributed by atoms with van der Waals surface area (Å²) in [6.45, 7) is 2.72. The first-order valence-corrected chi connectivity index (χ1v) is 11.9. The van der Waals surface area contributed by atoms with Gasteiger partial charge in [0.25, 0.3) is 0 Å². The molecule has 0 radical (unpaired) electrons. The van der Waals surface area contributed by atoms with Gasteiger partial charge in [-0.25, -0.2) is 8.42 Å². The predicted molar refractivity (Wildman–Crippen MR) is 116 cm³/mol. The second-order valence-corrected chi connectivity index (χ2v) is 9.43. The van der Waals surface area contributed by atoms with Crippen LogP contribution in [-0.4, -0.2) is 50.0 Å². The zero-order valence-corrected chi connectivity index (χ0v) is 17.9. The fourth-order valence-corrected chi connectivity index (χ4v) is 4.30. The molecular formula is C22H26N4O3S. The Bertz CT molecular complexity index is 1020. The summed E-state index contributed by atoms with van der Waals surface area (Å²) in [5.41, 5.74) is 2.65. The molecule has 2 heterocycles. The molecule has 30 heavy (non-hydrogen) atoms. The summed E-state index contributed by atoms with van der Waals surface area (Å²) < 4.78 is 25.0. The van der Waals surface area contributed by atoms with Gasteiger partial charge in [-0.1, -0.05) is 0 Å². The van der Waals surface area contributed by atoms with Crippen molar-refractivity contribution in [2.75, 3.05) is 30.6 Å². The quantitative estimate of drug-likeness (QED) is 0.651. The van der Waals surface area contributed by atoms with Gasteiger partial charge in [-0.15, -0.1) is 0 Å². The van der Waals surface area contributed by atoms with E-state index in [1.807, 2.05) is 6.07 Å². The number of carbonyl (C=O) groups excluding carboxylic acids is 1. The molecule has 0 amide bonds. The van der Waals surface area contributed by atoms with Crippen molar-refractivity contribution in [3.63, 3.8) is 0 Å². The SMILES string of the molecule is CS(=O)(=O)Nc1ccc(C(=O)C2CCN(CCCc3cc(C#N)ccn3)CC2)cc1. The molecule has 1 fully saturated rings. The summed E-state index contributed by atoms with van der Waals surface area (Å²) in [5.74, 6) is 0.127. The molecule has 7 nitrogen and oxygen atoms in total. The van der Waals surface area contributed by atoms with Crippen LogP contribution in [0.4, 0.5) is 5.69 Å². The maximum Gasteiger partial charge on any atom is 0.229 e. The fraction of sp³-hybridized carbons (Fsp3) is 0.409. The van der Waals surface area contributed by atoms with Crippen LogP contribution in [0.1, 0.15) is 40.9 Å². The van der Waals surface area contributed by atoms with Crippen LogP contribution in [0.5, 0.6) is 0 Å². The van der Waals surface area contributed by atoms with E-state index in [0.717, 1.165) is 57.3 Å². The number of hydrogen-bond donors (Lipinski definition) is 1. The number of nitrogens with zero attached hydrogens (tertiary/aromatic N) is 3. The average Bonchev–Trinajstić information content (AvgIpc) is 2.73. The first-order chi connectivity index (χ1) is 14.3. The number of likely N-dealkylation sites (tertiary alicyclic amines) is 1. The van der Waals surface area contributed by atoms with Gasteiger partial charge >= 0.3 is 0 Å². The second kappa shape index (κ2) is 9.83.